The van der Waals surface area contributed by atoms with E-state index in [-0.39, 0.29) is 21.5 Å². The number of hydrogen-bond acceptors (Lipinski definition) is 3. The molecule has 1 aliphatic heterocycles. The normalized spacial score (nSPS) is 30.6. The van der Waals surface area contributed by atoms with E-state index in [1.165, 1.54) is 6.92 Å². The van der Waals surface area contributed by atoms with Gasteiger partial charge in [0.15, 0.2) is 5.69 Å². The number of halogens is 3. The monoisotopic (exact) mass is 537 g/mol. The van der Waals surface area contributed by atoms with Gasteiger partial charge in [-0.3, -0.25) is 10.2 Å². The number of carbonyl (C=O) groups excluding carboxylic acids is 1. The molecular formula is C23H23BrCl2N4O. The number of hydrogen-bond donors (Lipinski definition) is 1. The maximum absolute atomic E-state index is 13.9. The van der Waals surface area contributed by atoms with Gasteiger partial charge < -0.3 is 0 Å². The van der Waals surface area contributed by atoms with E-state index in [1.54, 1.807) is 5.43 Å². The van der Waals surface area contributed by atoms with Crippen molar-refractivity contribution in [1.82, 2.24) is 20.2 Å². The number of nitrogens with one attached hydrogen (secondary N) is 1. The molecule has 0 unspecified atom stereocenters. The Hall–Kier alpha value is -1.86. The first-order chi connectivity index (χ1) is 21.7. The molecule has 31 heavy (non-hydrogen) atoms. The van der Waals surface area contributed by atoms with Crippen LogP contribution in [0.25, 0.3) is 16.9 Å². The van der Waals surface area contributed by atoms with Gasteiger partial charge in [-0.1, -0.05) is 64.5 Å². The van der Waals surface area contributed by atoms with Gasteiger partial charge in [0.2, 0.25) is 0 Å². The summed E-state index contributed by atoms with van der Waals surface area (Å²) in [5.41, 5.74) is -0.696. The van der Waals surface area contributed by atoms with Gasteiger partial charge in [0.1, 0.15) is 0 Å². The highest BCUT2D eigenvalue weighted by Gasteiger charge is 2.26. The lowest BCUT2D eigenvalue weighted by molar-refractivity contribution is 0.0743. The Balaban J connectivity index is 2.10. The summed E-state index contributed by atoms with van der Waals surface area (Å²) < 4.78 is 141. The highest BCUT2D eigenvalue weighted by atomic mass is 79.9. The number of aromatic nitrogens is 2. The van der Waals surface area contributed by atoms with E-state index in [0.29, 0.717) is 4.68 Å². The van der Waals surface area contributed by atoms with Gasteiger partial charge >= 0.3 is 0 Å². The number of carbonyl (C=O) groups is 1. The fraction of sp³-hybridized carbons (Fsp3) is 0.304. The van der Waals surface area contributed by atoms with Crippen LogP contribution >= 0.6 is 39.1 Å². The van der Waals surface area contributed by atoms with Crippen LogP contribution in [-0.2, 0) is 6.42 Å². The molecule has 0 bridgehead atoms. The van der Waals surface area contributed by atoms with Crippen molar-refractivity contribution in [2.24, 2.45) is 0 Å². The minimum atomic E-state index is -3.78. The lowest BCUT2D eigenvalue weighted by Crippen LogP contribution is -2.45. The summed E-state index contributed by atoms with van der Waals surface area (Å²) in [5.74, 6) is -1.53. The average Bonchev–Trinajstić information content (AvgIpc) is 3.37. The summed E-state index contributed by atoms with van der Waals surface area (Å²) >= 11 is 15.4. The quantitative estimate of drug-likeness (QED) is 0.414. The zero-order chi connectivity index (χ0) is 37.0. The Morgan fingerprint density at radius 2 is 1.90 bits per heavy atom. The summed E-state index contributed by atoms with van der Waals surface area (Å²) in [7, 11) is 0. The van der Waals surface area contributed by atoms with Gasteiger partial charge in [-0.15, -0.1) is 0 Å². The molecule has 1 N–H and O–H groups in total. The highest BCUT2D eigenvalue weighted by Crippen LogP contribution is 2.34. The Morgan fingerprint density at radius 1 is 1.19 bits per heavy atom. The third kappa shape index (κ3) is 4.82. The number of nitrogens with zero attached hydrogens (tertiary/aromatic N) is 3. The van der Waals surface area contributed by atoms with E-state index in [0.717, 1.165) is 0 Å². The third-order valence-corrected chi connectivity index (χ3v) is 4.85. The van der Waals surface area contributed by atoms with Crippen LogP contribution in [0.2, 0.25) is 10.0 Å². The molecule has 0 atom stereocenters. The number of piperidine rings is 1. The molecule has 0 saturated carbocycles. The molecule has 0 spiro atoms. The molecule has 1 amide bonds. The summed E-state index contributed by atoms with van der Waals surface area (Å²) in [5, 5.41) is 2.69. The van der Waals surface area contributed by atoms with Crippen LogP contribution in [0.3, 0.4) is 0 Å². The van der Waals surface area contributed by atoms with E-state index in [1.807, 2.05) is 0 Å². The number of rotatable bonds is 5. The zero-order valence-electron chi connectivity index (χ0n) is 32.6. The van der Waals surface area contributed by atoms with Crippen molar-refractivity contribution in [3.8, 4) is 16.9 Å². The Kier molecular flexibility index (Phi) is 3.00. The second kappa shape index (κ2) is 9.74. The van der Waals surface area contributed by atoms with Crippen LogP contribution in [0, 0.1) is 0 Å². The highest BCUT2D eigenvalue weighted by molar-refractivity contribution is 9.10. The molecule has 3 aromatic rings. The summed E-state index contributed by atoms with van der Waals surface area (Å²) in [4.78, 5) is 13.9. The fourth-order valence-electron chi connectivity index (χ4n) is 2.74. The Morgan fingerprint density at radius 3 is 2.58 bits per heavy atom. The molecule has 5 nitrogen and oxygen atoms in total. The minimum absolute atomic E-state index is 0.228. The number of amides is 1. The van der Waals surface area contributed by atoms with Crippen molar-refractivity contribution in [1.29, 1.82) is 0 Å². The van der Waals surface area contributed by atoms with Gasteiger partial charge in [-0.05, 0) is 49.4 Å². The van der Waals surface area contributed by atoms with Crippen LogP contribution in [0.15, 0.2) is 46.8 Å². The minimum Gasteiger partial charge on any atom is -0.283 e. The van der Waals surface area contributed by atoms with Crippen LogP contribution in [-0.4, -0.2) is 33.7 Å². The molecule has 8 heteroatoms. The van der Waals surface area contributed by atoms with Crippen molar-refractivity contribution in [2.75, 3.05) is 13.0 Å². The largest absolute Gasteiger partial charge is 0.286 e. The molecule has 1 aromatic heterocycles. The van der Waals surface area contributed by atoms with E-state index in [4.69, 9.17) is 46.5 Å². The van der Waals surface area contributed by atoms with Crippen LogP contribution in [0.5, 0.6) is 0 Å². The Bertz CT molecular complexity index is 1800. The predicted octanol–water partition coefficient (Wildman–Crippen LogP) is 6.30. The van der Waals surface area contributed by atoms with Crippen molar-refractivity contribution >= 4 is 45.0 Å². The SMILES string of the molecule is [2H]c1c([2H])c(-n2nc(C(=O)NN3C([2H])([2H])C([2H])([2H])C([2H])([2H])C([2H])([2H])C3([2H])[2H])c(CC)c2-c2c([2H])c([2H])c(Br)c([2H])c2[2H])c(Cl)c([2H])c1Cl. The van der Waals surface area contributed by atoms with Crippen molar-refractivity contribution in [2.45, 2.75) is 32.5 Å². The first kappa shape index (κ1) is 9.56. The van der Waals surface area contributed by atoms with Crippen LogP contribution < -0.4 is 5.43 Å². The summed E-state index contributed by atoms with van der Waals surface area (Å²) in [6.07, 6.45) is -11.6. The fourth-order valence-corrected chi connectivity index (χ4v) is 3.35. The van der Waals surface area contributed by atoms with E-state index < -0.39 is 113 Å². The number of benzene rings is 2. The molecule has 1 aliphatic rings. The summed E-state index contributed by atoms with van der Waals surface area (Å²) in [6.45, 7) is -6.05. The molecule has 1 fully saturated rings. The standard InChI is InChI=1S/C23H23BrCl2N4O/c1-2-18-21(23(31)28-29-12-4-3-5-13-29)27-30(20-11-10-17(25)14-19(20)26)22(18)15-6-8-16(24)9-7-15/h6-11,14H,2-5,12-13H2,1H3,(H,28,31)/i3D2,4D2,5D2,6D,7D,8D,9D,10D,11D,12D2,13D2,14D. The molecule has 1 saturated heterocycles. The zero-order valence-corrected chi connectivity index (χ0v) is 18.7. The van der Waals surface area contributed by atoms with Crippen molar-refractivity contribution < 1.29 is 28.1 Å². The molecule has 0 aliphatic carbocycles. The van der Waals surface area contributed by atoms with Crippen molar-refractivity contribution in [3.05, 3.63) is 68.1 Å². The van der Waals surface area contributed by atoms with Gasteiger partial charge in [0, 0.05) is 47.3 Å². The maximum atomic E-state index is 13.9. The van der Waals surface area contributed by atoms with Crippen LogP contribution in [0.1, 0.15) is 65.4 Å². The first-order valence-electron chi connectivity index (χ1n) is 17.1. The second-order valence-corrected chi connectivity index (χ2v) is 7.41. The van der Waals surface area contributed by atoms with E-state index in [2.05, 4.69) is 21.0 Å². The molecular weight excluding hydrogens is 499 g/mol. The lowest BCUT2D eigenvalue weighted by atomic mass is 10.0. The van der Waals surface area contributed by atoms with E-state index in [9.17, 15) is 4.79 Å². The van der Waals surface area contributed by atoms with Crippen molar-refractivity contribution in [3.63, 3.8) is 0 Å². The molecule has 4 rings (SSSR count). The first-order valence-corrected chi connectivity index (χ1v) is 10.2. The van der Waals surface area contributed by atoms with Gasteiger partial charge in [0.05, 0.1) is 26.0 Å². The Labute approximate surface area is 224 Å². The summed E-state index contributed by atoms with van der Waals surface area (Å²) in [6, 6.07) is -4.61. The topological polar surface area (TPSA) is 50.2 Å². The smallest absolute Gasteiger partial charge is 0.283 e. The molecule has 2 heterocycles. The lowest BCUT2D eigenvalue weighted by Gasteiger charge is -2.26. The predicted molar refractivity (Wildman–Crippen MR) is 129 cm³/mol. The maximum Gasteiger partial charge on any atom is 0.286 e. The third-order valence-electron chi connectivity index (χ3n) is 3.99. The molecule has 0 radical (unpaired) electrons. The molecule has 2 aromatic carbocycles. The van der Waals surface area contributed by atoms with Gasteiger partial charge in [-0.25, -0.2) is 9.69 Å². The van der Waals surface area contributed by atoms with Gasteiger partial charge in [0.25, 0.3) is 5.91 Å². The number of hydrazine groups is 1. The molecule has 162 valence electrons. The average molecular weight is 539 g/mol. The van der Waals surface area contributed by atoms with E-state index >= 15 is 0 Å². The van der Waals surface area contributed by atoms with Crippen LogP contribution in [0.4, 0.5) is 0 Å². The second-order valence-electron chi connectivity index (χ2n) is 5.86. The van der Waals surface area contributed by atoms with Gasteiger partial charge in [-0.2, -0.15) is 5.10 Å².